The maximum absolute atomic E-state index is 11.9. The number of hydrazine groups is 1. The minimum Gasteiger partial charge on any atom is -0.484 e. The average Bonchev–Trinajstić information content (AvgIpc) is 3.17. The van der Waals surface area contributed by atoms with Crippen molar-refractivity contribution in [3.8, 4) is 5.75 Å². The summed E-state index contributed by atoms with van der Waals surface area (Å²) in [6, 6.07) is 7.73. The molecule has 27 heavy (non-hydrogen) atoms. The maximum Gasteiger partial charge on any atom is 0.276 e. The van der Waals surface area contributed by atoms with Gasteiger partial charge in [0.1, 0.15) is 5.75 Å². The number of ether oxygens (including phenoxy) is 1. The van der Waals surface area contributed by atoms with E-state index < -0.39 is 0 Å². The second-order valence-electron chi connectivity index (χ2n) is 7.07. The molecule has 0 bridgehead atoms. The van der Waals surface area contributed by atoms with Gasteiger partial charge < -0.3 is 10.1 Å². The molecule has 7 heteroatoms. The number of thiocarbonyl (C=S) groups is 1. The molecule has 0 heterocycles. The second-order valence-corrected chi connectivity index (χ2v) is 7.48. The van der Waals surface area contributed by atoms with E-state index in [0.29, 0.717) is 24.0 Å². The summed E-state index contributed by atoms with van der Waals surface area (Å²) in [6.45, 7) is 4.17. The topological polar surface area (TPSA) is 79.5 Å². The molecule has 0 radical (unpaired) electrons. The second kappa shape index (κ2) is 10.9. The molecule has 1 aliphatic carbocycles. The highest BCUT2D eigenvalue weighted by Crippen LogP contribution is 2.27. The summed E-state index contributed by atoms with van der Waals surface area (Å²) in [7, 11) is 0. The summed E-state index contributed by atoms with van der Waals surface area (Å²) in [5, 5.41) is 2.67. The van der Waals surface area contributed by atoms with Gasteiger partial charge in [-0.2, -0.15) is 0 Å². The first-order valence-electron chi connectivity index (χ1n) is 9.59. The molecule has 0 saturated heterocycles. The number of hydrogen-bond acceptors (Lipinski definition) is 4. The van der Waals surface area contributed by atoms with Crippen LogP contribution in [0.1, 0.15) is 63.9 Å². The lowest BCUT2D eigenvalue weighted by Gasteiger charge is -2.13. The molecule has 1 fully saturated rings. The standard InChI is InChI=1S/C20H29N3O3S/c1-3-14(2)16-8-10-17(11-9-16)26-13-19(25)22-23-20(27)21-18(24)12-15-6-4-5-7-15/h8-11,14-15H,3-7,12-13H2,1-2H3,(H,22,25)(H2,21,23,24,27). The maximum atomic E-state index is 11.9. The summed E-state index contributed by atoms with van der Waals surface area (Å²) in [5.74, 6) is 1.07. The SMILES string of the molecule is CCC(C)c1ccc(OCC(=O)NNC(=S)NC(=O)CC2CCCC2)cc1. The molecule has 1 aromatic carbocycles. The molecule has 3 N–H and O–H groups in total. The Morgan fingerprint density at radius 3 is 2.44 bits per heavy atom. The third-order valence-corrected chi connectivity index (χ3v) is 5.15. The van der Waals surface area contributed by atoms with Gasteiger partial charge in [-0.25, -0.2) is 0 Å². The Morgan fingerprint density at radius 1 is 1.15 bits per heavy atom. The van der Waals surface area contributed by atoms with Crippen molar-refractivity contribution in [2.75, 3.05) is 6.61 Å². The predicted molar refractivity (Wildman–Crippen MR) is 109 cm³/mol. The van der Waals surface area contributed by atoms with Crippen molar-refractivity contribution in [3.63, 3.8) is 0 Å². The van der Waals surface area contributed by atoms with Gasteiger partial charge in [0.05, 0.1) is 0 Å². The summed E-state index contributed by atoms with van der Waals surface area (Å²) in [6.07, 6.45) is 6.13. The van der Waals surface area contributed by atoms with Gasteiger partial charge in [-0.3, -0.25) is 20.4 Å². The van der Waals surface area contributed by atoms with Crippen LogP contribution in [0.2, 0.25) is 0 Å². The van der Waals surface area contributed by atoms with Crippen LogP contribution in [0.3, 0.4) is 0 Å². The van der Waals surface area contributed by atoms with E-state index in [9.17, 15) is 9.59 Å². The van der Waals surface area contributed by atoms with Crippen LogP contribution in [0.15, 0.2) is 24.3 Å². The van der Waals surface area contributed by atoms with Gasteiger partial charge in [0, 0.05) is 6.42 Å². The summed E-state index contributed by atoms with van der Waals surface area (Å²) in [5.41, 5.74) is 6.19. The fourth-order valence-corrected chi connectivity index (χ4v) is 3.29. The molecular formula is C20H29N3O3S. The van der Waals surface area contributed by atoms with Gasteiger partial charge >= 0.3 is 0 Å². The summed E-state index contributed by atoms with van der Waals surface area (Å²) in [4.78, 5) is 23.7. The van der Waals surface area contributed by atoms with Gasteiger partial charge in [0.15, 0.2) is 11.7 Å². The van der Waals surface area contributed by atoms with Crippen LogP contribution in [-0.4, -0.2) is 23.5 Å². The first-order valence-corrected chi connectivity index (χ1v) is 10.00. The normalized spacial score (nSPS) is 15.0. The molecule has 0 spiro atoms. The quantitative estimate of drug-likeness (QED) is 0.491. The zero-order valence-corrected chi connectivity index (χ0v) is 16.9. The molecular weight excluding hydrogens is 362 g/mol. The predicted octanol–water partition coefficient (Wildman–Crippen LogP) is 3.18. The number of hydrogen-bond donors (Lipinski definition) is 3. The molecule has 2 amide bonds. The van der Waals surface area contributed by atoms with Gasteiger partial charge in [0.2, 0.25) is 5.91 Å². The Balaban J connectivity index is 1.63. The van der Waals surface area contributed by atoms with Crippen molar-refractivity contribution < 1.29 is 14.3 Å². The van der Waals surface area contributed by atoms with Crippen LogP contribution in [-0.2, 0) is 9.59 Å². The molecule has 1 aromatic rings. The average molecular weight is 392 g/mol. The smallest absolute Gasteiger partial charge is 0.276 e. The Hall–Kier alpha value is -2.15. The van der Waals surface area contributed by atoms with Crippen molar-refractivity contribution in [1.29, 1.82) is 0 Å². The lowest BCUT2D eigenvalue weighted by atomic mass is 9.99. The highest BCUT2D eigenvalue weighted by molar-refractivity contribution is 7.80. The van der Waals surface area contributed by atoms with Gasteiger partial charge in [-0.05, 0) is 61.0 Å². The summed E-state index contributed by atoms with van der Waals surface area (Å²) >= 11 is 5.02. The zero-order valence-electron chi connectivity index (χ0n) is 16.0. The lowest BCUT2D eigenvalue weighted by Crippen LogP contribution is -2.49. The van der Waals surface area contributed by atoms with Crippen LogP contribution in [0.25, 0.3) is 0 Å². The molecule has 1 aliphatic rings. The number of benzene rings is 1. The van der Waals surface area contributed by atoms with E-state index in [2.05, 4.69) is 30.0 Å². The first kappa shape index (κ1) is 21.2. The molecule has 1 unspecified atom stereocenters. The van der Waals surface area contributed by atoms with E-state index >= 15 is 0 Å². The summed E-state index contributed by atoms with van der Waals surface area (Å²) < 4.78 is 5.46. The van der Waals surface area contributed by atoms with E-state index in [0.717, 1.165) is 19.3 Å². The molecule has 6 nitrogen and oxygen atoms in total. The number of amides is 2. The molecule has 148 valence electrons. The van der Waals surface area contributed by atoms with E-state index in [1.54, 1.807) is 0 Å². The van der Waals surface area contributed by atoms with Crippen molar-refractivity contribution >= 4 is 29.1 Å². The monoisotopic (exact) mass is 391 g/mol. The van der Waals surface area contributed by atoms with Crippen LogP contribution in [0, 0.1) is 5.92 Å². The fourth-order valence-electron chi connectivity index (χ4n) is 3.13. The molecule has 2 rings (SSSR count). The highest BCUT2D eigenvalue weighted by atomic mass is 32.1. The van der Waals surface area contributed by atoms with Gasteiger partial charge in [0.25, 0.3) is 5.91 Å². The van der Waals surface area contributed by atoms with Crippen molar-refractivity contribution in [1.82, 2.24) is 16.2 Å². The molecule has 0 aliphatic heterocycles. The minimum absolute atomic E-state index is 0.0873. The fraction of sp³-hybridized carbons (Fsp3) is 0.550. The van der Waals surface area contributed by atoms with E-state index in [-0.39, 0.29) is 23.5 Å². The number of rotatable bonds is 7. The Bertz CT molecular complexity index is 642. The molecule has 1 atom stereocenters. The number of carbonyl (C=O) groups is 2. The Labute approximate surface area is 166 Å². The van der Waals surface area contributed by atoms with E-state index in [1.807, 2.05) is 24.3 Å². The third kappa shape index (κ3) is 7.54. The lowest BCUT2D eigenvalue weighted by molar-refractivity contribution is -0.124. The molecule has 0 aromatic heterocycles. The number of carbonyl (C=O) groups excluding carboxylic acids is 2. The van der Waals surface area contributed by atoms with Crippen molar-refractivity contribution in [2.45, 2.75) is 58.3 Å². The Kier molecular flexibility index (Phi) is 8.51. The van der Waals surface area contributed by atoms with Crippen LogP contribution in [0.4, 0.5) is 0 Å². The van der Waals surface area contributed by atoms with Crippen LogP contribution < -0.4 is 20.9 Å². The minimum atomic E-state index is -0.381. The van der Waals surface area contributed by atoms with Crippen molar-refractivity contribution in [2.24, 2.45) is 5.92 Å². The van der Waals surface area contributed by atoms with E-state index in [1.165, 1.54) is 18.4 Å². The van der Waals surface area contributed by atoms with Crippen LogP contribution in [0.5, 0.6) is 5.75 Å². The zero-order chi connectivity index (χ0) is 19.6. The van der Waals surface area contributed by atoms with Crippen LogP contribution >= 0.6 is 12.2 Å². The van der Waals surface area contributed by atoms with Gasteiger partial charge in [-0.15, -0.1) is 0 Å². The van der Waals surface area contributed by atoms with E-state index in [4.69, 9.17) is 17.0 Å². The largest absolute Gasteiger partial charge is 0.484 e. The number of nitrogens with one attached hydrogen (secondary N) is 3. The molecule has 1 saturated carbocycles. The Morgan fingerprint density at radius 2 is 1.81 bits per heavy atom. The third-order valence-electron chi connectivity index (χ3n) is 4.95. The first-order chi connectivity index (χ1) is 13.0. The van der Waals surface area contributed by atoms with Gasteiger partial charge in [-0.1, -0.05) is 38.8 Å². The van der Waals surface area contributed by atoms with Crippen molar-refractivity contribution in [3.05, 3.63) is 29.8 Å². The highest BCUT2D eigenvalue weighted by Gasteiger charge is 2.18.